The van der Waals surface area contributed by atoms with Gasteiger partial charge in [0, 0.05) is 64.3 Å². The van der Waals surface area contributed by atoms with Crippen LogP contribution in [0.3, 0.4) is 0 Å². The van der Waals surface area contributed by atoms with Crippen molar-refractivity contribution in [2.75, 3.05) is 55.6 Å². The lowest BCUT2D eigenvalue weighted by Crippen LogP contribution is -2.53. The van der Waals surface area contributed by atoms with Crippen molar-refractivity contribution < 1.29 is 22.8 Å². The number of nitrogens with zero attached hydrogens (tertiary/aromatic N) is 8. The highest BCUT2D eigenvalue weighted by atomic mass is 19.4. The molecule has 2 amide bonds. The first-order valence-electron chi connectivity index (χ1n) is 13.8. The van der Waals surface area contributed by atoms with Crippen LogP contribution in [0, 0.1) is 13.8 Å². The van der Waals surface area contributed by atoms with E-state index in [1.165, 1.54) is 25.3 Å². The Bertz CT molecular complexity index is 1460. The molecule has 13 heteroatoms. The summed E-state index contributed by atoms with van der Waals surface area (Å²) in [5.41, 5.74) is 2.50. The predicted molar refractivity (Wildman–Crippen MR) is 151 cm³/mol. The minimum Gasteiger partial charge on any atom is -0.351 e. The first-order valence-corrected chi connectivity index (χ1v) is 13.8. The molecule has 2 aliphatic heterocycles. The second-order valence-electron chi connectivity index (χ2n) is 10.7. The minimum absolute atomic E-state index is 0.00738. The van der Waals surface area contributed by atoms with Crippen LogP contribution in [0.2, 0.25) is 0 Å². The van der Waals surface area contributed by atoms with E-state index < -0.39 is 11.7 Å². The smallest absolute Gasteiger partial charge is 0.351 e. The number of piperazine rings is 2. The second-order valence-corrected chi connectivity index (χ2v) is 10.7. The summed E-state index contributed by atoms with van der Waals surface area (Å²) in [6.45, 7) is 11.4. The maximum Gasteiger partial charge on any atom is 0.416 e. The summed E-state index contributed by atoms with van der Waals surface area (Å²) in [5, 5.41) is 8.87. The summed E-state index contributed by atoms with van der Waals surface area (Å²) in [4.78, 5) is 41.1. The van der Waals surface area contributed by atoms with E-state index in [4.69, 9.17) is 0 Å². The molecular formula is C29H33F3N8O2. The van der Waals surface area contributed by atoms with Crippen molar-refractivity contribution in [2.45, 2.75) is 39.9 Å². The van der Waals surface area contributed by atoms with Crippen molar-refractivity contribution in [1.82, 2.24) is 30.0 Å². The minimum atomic E-state index is -4.39. The van der Waals surface area contributed by atoms with Gasteiger partial charge < -0.3 is 19.6 Å². The van der Waals surface area contributed by atoms with E-state index >= 15 is 0 Å². The zero-order chi connectivity index (χ0) is 30.2. The normalized spacial score (nSPS) is 17.9. The number of halogens is 3. The number of aromatic nitrogens is 4. The molecule has 3 aromatic rings. The van der Waals surface area contributed by atoms with Crippen LogP contribution in [0.1, 0.15) is 41.0 Å². The first-order chi connectivity index (χ1) is 19.9. The Morgan fingerprint density at radius 3 is 2.10 bits per heavy atom. The zero-order valence-corrected chi connectivity index (χ0v) is 24.0. The molecule has 2 aromatic heterocycles. The molecule has 0 spiro atoms. The van der Waals surface area contributed by atoms with E-state index in [2.05, 4.69) is 36.9 Å². The Morgan fingerprint density at radius 2 is 1.52 bits per heavy atom. The lowest BCUT2D eigenvalue weighted by atomic mass is 10.0. The van der Waals surface area contributed by atoms with E-state index in [0.29, 0.717) is 62.9 Å². The van der Waals surface area contributed by atoms with Gasteiger partial charge in [-0.1, -0.05) is 12.1 Å². The Morgan fingerprint density at radius 1 is 0.857 bits per heavy atom. The fraction of sp³-hybridized carbons (Fsp3) is 0.448. The predicted octanol–water partition coefficient (Wildman–Crippen LogP) is 3.59. The summed E-state index contributed by atoms with van der Waals surface area (Å²) in [6.07, 6.45) is -1.26. The second kappa shape index (κ2) is 11.5. The van der Waals surface area contributed by atoms with E-state index in [9.17, 15) is 22.8 Å². The largest absolute Gasteiger partial charge is 0.416 e. The third-order valence-electron chi connectivity index (χ3n) is 8.07. The number of anilines is 2. The van der Waals surface area contributed by atoms with Crippen molar-refractivity contribution in [2.24, 2.45) is 0 Å². The maximum absolute atomic E-state index is 13.0. The molecule has 0 aliphatic carbocycles. The molecule has 42 heavy (non-hydrogen) atoms. The molecule has 2 aliphatic rings. The Balaban J connectivity index is 1.23. The van der Waals surface area contributed by atoms with Gasteiger partial charge in [0.15, 0.2) is 5.82 Å². The molecule has 0 N–H and O–H groups in total. The van der Waals surface area contributed by atoms with Gasteiger partial charge in [-0.25, -0.2) is 9.97 Å². The molecule has 0 bridgehead atoms. The lowest BCUT2D eigenvalue weighted by Gasteiger charge is -2.41. The molecule has 2 saturated heterocycles. The highest BCUT2D eigenvalue weighted by molar-refractivity contribution is 5.92. The van der Waals surface area contributed by atoms with Crippen LogP contribution >= 0.6 is 0 Å². The number of alkyl halides is 3. The number of amides is 2. The van der Waals surface area contributed by atoms with Crippen LogP contribution in [0.5, 0.6) is 0 Å². The van der Waals surface area contributed by atoms with Crippen molar-refractivity contribution >= 4 is 23.5 Å². The third-order valence-corrected chi connectivity index (χ3v) is 8.07. The number of rotatable bonds is 4. The van der Waals surface area contributed by atoms with E-state index in [-0.39, 0.29) is 23.6 Å². The average Bonchev–Trinajstić information content (AvgIpc) is 2.98. The van der Waals surface area contributed by atoms with Crippen molar-refractivity contribution in [1.29, 1.82) is 0 Å². The maximum atomic E-state index is 13.0. The van der Waals surface area contributed by atoms with Gasteiger partial charge >= 0.3 is 6.18 Å². The van der Waals surface area contributed by atoms with E-state index in [1.807, 2.05) is 13.8 Å². The Kier molecular flexibility index (Phi) is 8.02. The van der Waals surface area contributed by atoms with Crippen LogP contribution in [0.15, 0.2) is 36.7 Å². The fourth-order valence-electron chi connectivity index (χ4n) is 5.44. The van der Waals surface area contributed by atoms with Gasteiger partial charge in [0.05, 0.1) is 23.7 Å². The number of hydrogen-bond acceptors (Lipinski definition) is 8. The van der Waals surface area contributed by atoms with Crippen molar-refractivity contribution in [3.05, 3.63) is 59.0 Å². The highest BCUT2D eigenvalue weighted by Crippen LogP contribution is 2.33. The van der Waals surface area contributed by atoms with Gasteiger partial charge in [-0.15, -0.1) is 10.2 Å². The van der Waals surface area contributed by atoms with Crippen LogP contribution in [0.4, 0.5) is 24.8 Å². The molecule has 0 radical (unpaired) electrons. The van der Waals surface area contributed by atoms with Gasteiger partial charge in [-0.3, -0.25) is 9.59 Å². The highest BCUT2D eigenvalue weighted by Gasteiger charge is 2.31. The molecule has 1 atom stereocenters. The lowest BCUT2D eigenvalue weighted by molar-refractivity contribution is -0.137. The summed E-state index contributed by atoms with van der Waals surface area (Å²) < 4.78 is 38.9. The number of carbonyl (C=O) groups is 2. The van der Waals surface area contributed by atoms with Crippen LogP contribution in [-0.4, -0.2) is 93.6 Å². The molecular weight excluding hydrogens is 549 g/mol. The monoisotopic (exact) mass is 582 g/mol. The summed E-state index contributed by atoms with van der Waals surface area (Å²) in [7, 11) is 0. The van der Waals surface area contributed by atoms with Gasteiger partial charge in [-0.2, -0.15) is 13.2 Å². The third kappa shape index (κ3) is 5.86. The van der Waals surface area contributed by atoms with Crippen LogP contribution in [-0.2, 0) is 11.0 Å². The van der Waals surface area contributed by atoms with E-state index in [1.54, 1.807) is 16.0 Å². The van der Waals surface area contributed by atoms with E-state index in [0.717, 1.165) is 29.1 Å². The van der Waals surface area contributed by atoms with Gasteiger partial charge in [0.2, 0.25) is 5.91 Å². The molecule has 2 fully saturated rings. The quantitative estimate of drug-likeness (QED) is 0.461. The van der Waals surface area contributed by atoms with Crippen LogP contribution in [0.25, 0.3) is 11.3 Å². The van der Waals surface area contributed by atoms with Crippen molar-refractivity contribution in [3.63, 3.8) is 0 Å². The number of carbonyl (C=O) groups excluding carboxylic acids is 2. The summed E-state index contributed by atoms with van der Waals surface area (Å²) >= 11 is 0. The summed E-state index contributed by atoms with van der Waals surface area (Å²) in [5.74, 6) is 1.23. The Labute approximate surface area is 242 Å². The van der Waals surface area contributed by atoms with Crippen LogP contribution < -0.4 is 9.80 Å². The molecule has 4 heterocycles. The number of benzene rings is 1. The molecule has 1 unspecified atom stereocenters. The molecule has 1 aromatic carbocycles. The standard InChI is InChI=1S/C29H33F3N8O2/c1-18-17-39(27-20(3)19(2)26(35-36-27)22-5-7-23(8-6-22)29(30,31)32)13-14-40(18)25-16-33-24(15-34-25)28(42)38-11-9-37(10-12-38)21(4)41/h5-8,15-16,18H,9-14,17H2,1-4H3. The van der Waals surface area contributed by atoms with Gasteiger partial charge in [0.1, 0.15) is 11.5 Å². The Hall–Kier alpha value is -4.29. The molecule has 10 nitrogen and oxygen atoms in total. The number of hydrogen-bond donors (Lipinski definition) is 0. The zero-order valence-electron chi connectivity index (χ0n) is 24.0. The van der Waals surface area contributed by atoms with Crippen molar-refractivity contribution in [3.8, 4) is 11.3 Å². The topological polar surface area (TPSA) is 98.7 Å². The van der Waals surface area contributed by atoms with Gasteiger partial charge in [-0.05, 0) is 44.0 Å². The molecule has 222 valence electrons. The first kappa shape index (κ1) is 29.2. The van der Waals surface area contributed by atoms with Gasteiger partial charge in [0.25, 0.3) is 5.91 Å². The summed E-state index contributed by atoms with van der Waals surface area (Å²) in [6, 6.07) is 5.03. The molecule has 5 rings (SSSR count). The molecule has 0 saturated carbocycles. The average molecular weight is 583 g/mol. The fourth-order valence-corrected chi connectivity index (χ4v) is 5.44. The SMILES string of the molecule is CC(=O)N1CCN(C(=O)c2cnc(N3CCN(c4nnc(-c5ccc(C(F)(F)F)cc5)c(C)c4C)CC3C)cn2)CC1.